The summed E-state index contributed by atoms with van der Waals surface area (Å²) in [5.74, 6) is -0.966. The fourth-order valence-electron chi connectivity index (χ4n) is 2.92. The molecule has 156 valence electrons. The number of sulfone groups is 1. The van der Waals surface area contributed by atoms with Gasteiger partial charge in [-0.15, -0.1) is 0 Å². The molecule has 0 aromatic heterocycles. The average Bonchev–Trinajstić information content (AvgIpc) is 2.68. The van der Waals surface area contributed by atoms with E-state index >= 15 is 0 Å². The molecular formula is C22H27NO5S. The summed E-state index contributed by atoms with van der Waals surface area (Å²) in [6.45, 7) is 5.65. The number of amides is 1. The minimum absolute atomic E-state index is 0.0285. The zero-order valence-electron chi connectivity index (χ0n) is 17.1. The van der Waals surface area contributed by atoms with Gasteiger partial charge in [0.15, 0.2) is 15.9 Å². The van der Waals surface area contributed by atoms with E-state index in [1.807, 2.05) is 37.3 Å². The van der Waals surface area contributed by atoms with Gasteiger partial charge in [-0.1, -0.05) is 43.3 Å². The molecule has 0 heterocycles. The third kappa shape index (κ3) is 6.15. The van der Waals surface area contributed by atoms with Crippen LogP contribution >= 0.6 is 0 Å². The van der Waals surface area contributed by atoms with Gasteiger partial charge in [-0.25, -0.2) is 13.2 Å². The van der Waals surface area contributed by atoms with Crippen molar-refractivity contribution in [2.45, 2.75) is 44.1 Å². The first-order valence-corrected chi connectivity index (χ1v) is 11.4. The minimum Gasteiger partial charge on any atom is -0.449 e. The van der Waals surface area contributed by atoms with E-state index in [9.17, 15) is 18.0 Å². The molecule has 29 heavy (non-hydrogen) atoms. The maximum absolute atomic E-state index is 12.5. The van der Waals surface area contributed by atoms with E-state index in [1.165, 1.54) is 19.1 Å². The Balaban J connectivity index is 2.01. The normalized spacial score (nSPS) is 13.4. The Labute approximate surface area is 172 Å². The molecule has 0 spiro atoms. The van der Waals surface area contributed by atoms with Gasteiger partial charge < -0.3 is 10.1 Å². The van der Waals surface area contributed by atoms with Crippen LogP contribution in [-0.4, -0.2) is 39.2 Å². The number of hydrogen-bond donors (Lipinski definition) is 1. The first-order valence-electron chi connectivity index (χ1n) is 9.47. The summed E-state index contributed by atoms with van der Waals surface area (Å²) in [6.07, 6.45) is 0.924. The highest BCUT2D eigenvalue weighted by molar-refractivity contribution is 7.90. The molecule has 0 aliphatic carbocycles. The Morgan fingerprint density at radius 3 is 2.34 bits per heavy atom. The number of carbonyl (C=O) groups is 2. The summed E-state index contributed by atoms with van der Waals surface area (Å²) < 4.78 is 28.7. The van der Waals surface area contributed by atoms with E-state index in [2.05, 4.69) is 5.32 Å². The van der Waals surface area contributed by atoms with Crippen molar-refractivity contribution in [3.63, 3.8) is 0 Å². The number of rotatable bonds is 8. The molecule has 0 saturated carbocycles. The van der Waals surface area contributed by atoms with Gasteiger partial charge in [0, 0.05) is 18.7 Å². The van der Waals surface area contributed by atoms with E-state index in [0.29, 0.717) is 12.1 Å². The van der Waals surface area contributed by atoms with E-state index in [0.717, 1.165) is 18.2 Å². The molecule has 0 unspecified atom stereocenters. The molecule has 0 aliphatic heterocycles. The number of nitrogens with one attached hydrogen (secondary N) is 1. The highest BCUT2D eigenvalue weighted by Gasteiger charge is 2.22. The number of carbonyl (C=O) groups excluding carboxylic acids is 2. The lowest BCUT2D eigenvalue weighted by atomic mass is 9.96. The van der Waals surface area contributed by atoms with Gasteiger partial charge in [-0.05, 0) is 43.5 Å². The van der Waals surface area contributed by atoms with Crippen molar-refractivity contribution in [3.8, 4) is 0 Å². The lowest BCUT2D eigenvalue weighted by molar-refractivity contribution is -0.129. The lowest BCUT2D eigenvalue weighted by Gasteiger charge is -2.19. The number of ether oxygens (including phenoxy) is 1. The van der Waals surface area contributed by atoms with Crippen LogP contribution in [0, 0.1) is 6.92 Å². The van der Waals surface area contributed by atoms with Gasteiger partial charge in [0.1, 0.15) is 0 Å². The second-order valence-electron chi connectivity index (χ2n) is 7.06. The predicted molar refractivity (Wildman–Crippen MR) is 112 cm³/mol. The number of aryl methyl sites for hydroxylation is 1. The predicted octanol–water partition coefficient (Wildman–Crippen LogP) is 3.25. The molecule has 2 aromatic rings. The van der Waals surface area contributed by atoms with Gasteiger partial charge in [-0.3, -0.25) is 4.79 Å². The summed E-state index contributed by atoms with van der Waals surface area (Å²) in [5.41, 5.74) is 1.83. The first kappa shape index (κ1) is 22.6. The Morgan fingerprint density at radius 2 is 1.76 bits per heavy atom. The SMILES string of the molecule is CC[C@H](CNC(=O)[C@@H](C)OC(=O)c1cc(S(C)(=O)=O)ccc1C)c1ccccc1. The van der Waals surface area contributed by atoms with E-state index in [1.54, 1.807) is 13.0 Å². The third-order valence-corrected chi connectivity index (χ3v) is 5.91. The smallest absolute Gasteiger partial charge is 0.339 e. The Hall–Kier alpha value is -2.67. The van der Waals surface area contributed by atoms with Crippen LogP contribution in [0.15, 0.2) is 53.4 Å². The van der Waals surface area contributed by atoms with Crippen LogP contribution < -0.4 is 5.32 Å². The number of hydrogen-bond acceptors (Lipinski definition) is 5. The van der Waals surface area contributed by atoms with Crippen LogP contribution in [0.5, 0.6) is 0 Å². The van der Waals surface area contributed by atoms with Gasteiger partial charge in [0.25, 0.3) is 5.91 Å². The summed E-state index contributed by atoms with van der Waals surface area (Å²) in [5, 5.41) is 2.83. The Kier molecular flexibility index (Phi) is 7.56. The summed E-state index contributed by atoms with van der Waals surface area (Å²) in [4.78, 5) is 24.9. The minimum atomic E-state index is -3.45. The van der Waals surface area contributed by atoms with Crippen LogP contribution in [0.3, 0.4) is 0 Å². The Morgan fingerprint density at radius 1 is 1.10 bits per heavy atom. The standard InChI is InChI=1S/C22H27NO5S/c1-5-17(18-9-7-6-8-10-18)14-23-21(24)16(3)28-22(25)20-13-19(29(4,26)27)12-11-15(20)2/h6-13,16-17H,5,14H2,1-4H3,(H,23,24)/t16-,17-/m1/s1. The van der Waals surface area contributed by atoms with Crippen molar-refractivity contribution < 1.29 is 22.7 Å². The molecule has 0 bridgehead atoms. The highest BCUT2D eigenvalue weighted by atomic mass is 32.2. The van der Waals surface area contributed by atoms with Crippen molar-refractivity contribution in [1.82, 2.24) is 5.32 Å². The van der Waals surface area contributed by atoms with Crippen molar-refractivity contribution >= 4 is 21.7 Å². The van der Waals surface area contributed by atoms with E-state index < -0.39 is 27.8 Å². The maximum atomic E-state index is 12.5. The van der Waals surface area contributed by atoms with Crippen LogP contribution in [0.2, 0.25) is 0 Å². The van der Waals surface area contributed by atoms with Crippen LogP contribution in [0.4, 0.5) is 0 Å². The summed E-state index contributed by atoms with van der Waals surface area (Å²) in [7, 11) is -3.45. The van der Waals surface area contributed by atoms with Crippen molar-refractivity contribution in [3.05, 3.63) is 65.2 Å². The molecule has 1 amide bonds. The molecule has 0 saturated heterocycles. The molecule has 0 aliphatic rings. The molecule has 1 N–H and O–H groups in total. The second-order valence-corrected chi connectivity index (χ2v) is 9.07. The summed E-state index contributed by atoms with van der Waals surface area (Å²) in [6, 6.07) is 14.1. The van der Waals surface area contributed by atoms with Crippen molar-refractivity contribution in [2.75, 3.05) is 12.8 Å². The summed E-state index contributed by atoms with van der Waals surface area (Å²) >= 11 is 0. The molecule has 7 heteroatoms. The maximum Gasteiger partial charge on any atom is 0.339 e. The molecule has 0 radical (unpaired) electrons. The van der Waals surface area contributed by atoms with E-state index in [4.69, 9.17) is 4.74 Å². The molecular weight excluding hydrogens is 390 g/mol. The first-order chi connectivity index (χ1) is 13.6. The third-order valence-electron chi connectivity index (χ3n) is 4.80. The quantitative estimate of drug-likeness (QED) is 0.666. The van der Waals surface area contributed by atoms with Gasteiger partial charge in [-0.2, -0.15) is 0 Å². The highest BCUT2D eigenvalue weighted by Crippen LogP contribution is 2.19. The van der Waals surface area contributed by atoms with Crippen LogP contribution in [0.25, 0.3) is 0 Å². The Bertz CT molecular complexity index is 970. The zero-order valence-corrected chi connectivity index (χ0v) is 18.0. The number of benzene rings is 2. The topological polar surface area (TPSA) is 89.5 Å². The van der Waals surface area contributed by atoms with Gasteiger partial charge in [0.2, 0.25) is 0 Å². The molecule has 2 atom stereocenters. The lowest BCUT2D eigenvalue weighted by Crippen LogP contribution is -2.38. The largest absolute Gasteiger partial charge is 0.449 e. The van der Waals surface area contributed by atoms with Crippen LogP contribution in [0.1, 0.15) is 47.7 Å². The average molecular weight is 418 g/mol. The monoisotopic (exact) mass is 417 g/mol. The van der Waals surface area contributed by atoms with Gasteiger partial charge >= 0.3 is 5.97 Å². The molecule has 0 fully saturated rings. The fraction of sp³-hybridized carbons (Fsp3) is 0.364. The fourth-order valence-corrected chi connectivity index (χ4v) is 3.57. The molecule has 2 rings (SSSR count). The van der Waals surface area contributed by atoms with E-state index in [-0.39, 0.29) is 16.4 Å². The van der Waals surface area contributed by atoms with Crippen molar-refractivity contribution in [1.29, 1.82) is 0 Å². The number of esters is 1. The van der Waals surface area contributed by atoms with Crippen LogP contribution in [-0.2, 0) is 19.4 Å². The molecule has 6 nitrogen and oxygen atoms in total. The molecule has 2 aromatic carbocycles. The second kappa shape index (κ2) is 9.69. The van der Waals surface area contributed by atoms with Crippen molar-refractivity contribution in [2.24, 2.45) is 0 Å². The zero-order chi connectivity index (χ0) is 21.6. The van der Waals surface area contributed by atoms with Gasteiger partial charge in [0.05, 0.1) is 10.5 Å².